The first-order valence-electron chi connectivity index (χ1n) is 10.9. The van der Waals surface area contributed by atoms with Gasteiger partial charge in [0.1, 0.15) is 0 Å². The number of rotatable bonds is 7. The number of benzene rings is 3. The third-order valence-corrected chi connectivity index (χ3v) is 5.90. The zero-order valence-electron chi connectivity index (χ0n) is 17.6. The highest BCUT2D eigenvalue weighted by atomic mass is 19.1. The molecule has 1 aromatic heterocycles. The number of hydrogen-bond donors (Lipinski definition) is 0. The van der Waals surface area contributed by atoms with Crippen molar-refractivity contribution in [2.75, 3.05) is 0 Å². The normalized spacial score (nSPS) is 11.4. The van der Waals surface area contributed by atoms with Crippen LogP contribution in [0, 0.1) is 5.82 Å². The van der Waals surface area contributed by atoms with E-state index >= 15 is 4.39 Å². The van der Waals surface area contributed by atoms with Crippen LogP contribution in [-0.2, 0) is 12.8 Å². The Morgan fingerprint density at radius 1 is 0.800 bits per heavy atom. The summed E-state index contributed by atoms with van der Waals surface area (Å²) in [6.07, 6.45) is 5.96. The number of aryl methyl sites for hydroxylation is 2. The molecule has 1 heterocycles. The summed E-state index contributed by atoms with van der Waals surface area (Å²) in [6.45, 7) is 4.28. The third-order valence-electron chi connectivity index (χ3n) is 5.90. The molecule has 0 radical (unpaired) electrons. The first-order valence-corrected chi connectivity index (χ1v) is 10.9. The van der Waals surface area contributed by atoms with Crippen molar-refractivity contribution in [3.05, 3.63) is 82.0 Å². The van der Waals surface area contributed by atoms with Crippen molar-refractivity contribution in [2.24, 2.45) is 0 Å². The highest BCUT2D eigenvalue weighted by Gasteiger charge is 2.15. The lowest BCUT2D eigenvalue weighted by Crippen LogP contribution is -2.03. The quantitative estimate of drug-likeness (QED) is 0.183. The molecule has 0 fully saturated rings. The van der Waals surface area contributed by atoms with Gasteiger partial charge in [0.15, 0.2) is 11.4 Å². The molecular formula is C27H27FO2. The summed E-state index contributed by atoms with van der Waals surface area (Å²) >= 11 is 0. The minimum Gasteiger partial charge on any atom is -0.419 e. The molecule has 154 valence electrons. The lowest BCUT2D eigenvalue weighted by atomic mass is 9.98. The second kappa shape index (κ2) is 8.83. The van der Waals surface area contributed by atoms with E-state index < -0.39 is 11.4 Å². The van der Waals surface area contributed by atoms with E-state index in [1.165, 1.54) is 5.56 Å². The summed E-state index contributed by atoms with van der Waals surface area (Å²) in [7, 11) is 0. The Hall–Kier alpha value is -2.94. The SMILES string of the molecule is CCCCCCc1ccc2c(oc(=O)c3cc(-c4ccc(CC)cc4)ccc32)c1F. The van der Waals surface area contributed by atoms with Crippen molar-refractivity contribution >= 4 is 21.7 Å². The van der Waals surface area contributed by atoms with E-state index in [0.717, 1.165) is 48.6 Å². The van der Waals surface area contributed by atoms with E-state index in [9.17, 15) is 4.79 Å². The average Bonchev–Trinajstić information content (AvgIpc) is 2.78. The summed E-state index contributed by atoms with van der Waals surface area (Å²) in [6, 6.07) is 17.8. The van der Waals surface area contributed by atoms with Crippen LogP contribution in [0.2, 0.25) is 0 Å². The molecule has 3 heteroatoms. The molecule has 0 N–H and O–H groups in total. The predicted molar refractivity (Wildman–Crippen MR) is 123 cm³/mol. The van der Waals surface area contributed by atoms with Crippen LogP contribution in [0.1, 0.15) is 50.7 Å². The number of hydrogen-bond acceptors (Lipinski definition) is 2. The van der Waals surface area contributed by atoms with Gasteiger partial charge in [-0.25, -0.2) is 9.18 Å². The molecule has 0 saturated carbocycles. The molecule has 30 heavy (non-hydrogen) atoms. The molecule has 0 amide bonds. The molecule has 2 nitrogen and oxygen atoms in total. The second-order valence-electron chi connectivity index (χ2n) is 7.93. The molecule has 0 bridgehead atoms. The number of fused-ring (bicyclic) bond motifs is 3. The first-order chi connectivity index (χ1) is 14.6. The fourth-order valence-corrected chi connectivity index (χ4v) is 4.05. The summed E-state index contributed by atoms with van der Waals surface area (Å²) in [4.78, 5) is 12.7. The Balaban J connectivity index is 1.76. The topological polar surface area (TPSA) is 30.2 Å². The van der Waals surface area contributed by atoms with E-state index in [1.807, 2.05) is 30.3 Å². The van der Waals surface area contributed by atoms with Gasteiger partial charge in [0, 0.05) is 10.8 Å². The lowest BCUT2D eigenvalue weighted by Gasteiger charge is -2.09. The highest BCUT2D eigenvalue weighted by Crippen LogP contribution is 2.30. The Bertz CT molecular complexity index is 1240. The van der Waals surface area contributed by atoms with Crippen LogP contribution >= 0.6 is 0 Å². The van der Waals surface area contributed by atoms with Gasteiger partial charge in [0.05, 0.1) is 5.39 Å². The molecule has 0 aliphatic rings. The molecule has 3 aromatic carbocycles. The highest BCUT2D eigenvalue weighted by molar-refractivity contribution is 6.05. The summed E-state index contributed by atoms with van der Waals surface area (Å²) < 4.78 is 20.5. The van der Waals surface area contributed by atoms with Crippen molar-refractivity contribution in [3.63, 3.8) is 0 Å². The Kier molecular flexibility index (Phi) is 5.98. The van der Waals surface area contributed by atoms with Crippen LogP contribution in [0.5, 0.6) is 0 Å². The fourth-order valence-electron chi connectivity index (χ4n) is 4.05. The van der Waals surface area contributed by atoms with Crippen molar-refractivity contribution in [1.29, 1.82) is 0 Å². The maximum Gasteiger partial charge on any atom is 0.344 e. The van der Waals surface area contributed by atoms with E-state index in [1.54, 1.807) is 0 Å². The van der Waals surface area contributed by atoms with Gasteiger partial charge in [-0.3, -0.25) is 0 Å². The lowest BCUT2D eigenvalue weighted by molar-refractivity contribution is 0.522. The van der Waals surface area contributed by atoms with Crippen LogP contribution in [0.25, 0.3) is 32.9 Å². The second-order valence-corrected chi connectivity index (χ2v) is 7.93. The molecule has 0 aliphatic heterocycles. The van der Waals surface area contributed by atoms with E-state index in [4.69, 9.17) is 4.42 Å². The largest absolute Gasteiger partial charge is 0.419 e. The average molecular weight is 403 g/mol. The monoisotopic (exact) mass is 402 g/mol. The van der Waals surface area contributed by atoms with E-state index in [2.05, 4.69) is 38.1 Å². The Labute approximate surface area is 176 Å². The molecule has 0 saturated heterocycles. The van der Waals surface area contributed by atoms with Gasteiger partial charge in [0.25, 0.3) is 0 Å². The summed E-state index contributed by atoms with van der Waals surface area (Å²) in [5.41, 5.74) is 3.46. The van der Waals surface area contributed by atoms with Gasteiger partial charge in [-0.15, -0.1) is 0 Å². The Morgan fingerprint density at radius 2 is 1.53 bits per heavy atom. The van der Waals surface area contributed by atoms with Crippen LogP contribution < -0.4 is 5.63 Å². The summed E-state index contributed by atoms with van der Waals surface area (Å²) in [5.74, 6) is -0.401. The minimum atomic E-state index is -0.494. The first kappa shape index (κ1) is 20.3. The van der Waals surface area contributed by atoms with Crippen LogP contribution in [0.15, 0.2) is 63.8 Å². The third kappa shape index (κ3) is 3.89. The minimum absolute atomic E-state index is 0.0699. The predicted octanol–water partition coefficient (Wildman–Crippen LogP) is 7.44. The fraction of sp³-hybridized carbons (Fsp3) is 0.296. The van der Waals surface area contributed by atoms with E-state index in [0.29, 0.717) is 22.8 Å². The molecule has 0 spiro atoms. The van der Waals surface area contributed by atoms with Crippen LogP contribution in [0.4, 0.5) is 4.39 Å². The van der Waals surface area contributed by atoms with Gasteiger partial charge in [-0.1, -0.05) is 81.6 Å². The van der Waals surface area contributed by atoms with Crippen LogP contribution in [-0.4, -0.2) is 0 Å². The van der Waals surface area contributed by atoms with Gasteiger partial charge in [-0.2, -0.15) is 0 Å². The Morgan fingerprint density at radius 3 is 2.27 bits per heavy atom. The van der Waals surface area contributed by atoms with Gasteiger partial charge in [-0.05, 0) is 47.6 Å². The molecule has 4 rings (SSSR count). The van der Waals surface area contributed by atoms with Gasteiger partial charge in [0.2, 0.25) is 0 Å². The van der Waals surface area contributed by atoms with Crippen molar-refractivity contribution in [3.8, 4) is 11.1 Å². The zero-order valence-corrected chi connectivity index (χ0v) is 17.6. The molecule has 0 unspecified atom stereocenters. The molecule has 0 aliphatic carbocycles. The molecule has 4 aromatic rings. The zero-order chi connectivity index (χ0) is 21.1. The molecular weight excluding hydrogens is 375 g/mol. The van der Waals surface area contributed by atoms with Crippen molar-refractivity contribution in [1.82, 2.24) is 0 Å². The smallest absolute Gasteiger partial charge is 0.344 e. The van der Waals surface area contributed by atoms with E-state index in [-0.39, 0.29) is 5.58 Å². The summed E-state index contributed by atoms with van der Waals surface area (Å²) in [5, 5.41) is 1.86. The number of halogens is 1. The van der Waals surface area contributed by atoms with Crippen molar-refractivity contribution in [2.45, 2.75) is 52.4 Å². The van der Waals surface area contributed by atoms with Gasteiger partial charge >= 0.3 is 5.63 Å². The van der Waals surface area contributed by atoms with Crippen molar-refractivity contribution < 1.29 is 8.81 Å². The maximum atomic E-state index is 15.1. The standard InChI is InChI=1S/C27H27FO2/c1-3-5-6-7-8-20-13-16-23-22-15-14-21(19-11-9-18(4-2)10-12-19)17-24(22)27(29)30-26(23)25(20)28/h9-17H,3-8H2,1-2H3. The van der Waals surface area contributed by atoms with Crippen LogP contribution in [0.3, 0.4) is 0 Å². The molecule has 0 atom stereocenters. The maximum absolute atomic E-state index is 15.1. The van der Waals surface area contributed by atoms with Gasteiger partial charge < -0.3 is 4.42 Å². The number of unbranched alkanes of at least 4 members (excludes halogenated alkanes) is 3.